The number of unbranched alkanes of at least 4 members (excludes halogenated alkanes) is 1. The van der Waals surface area contributed by atoms with Crippen molar-refractivity contribution in [3.05, 3.63) is 0 Å². The highest BCUT2D eigenvalue weighted by Crippen LogP contribution is 2.39. The van der Waals surface area contributed by atoms with E-state index in [1.54, 1.807) is 0 Å². The third-order valence-corrected chi connectivity index (χ3v) is 5.84. The van der Waals surface area contributed by atoms with E-state index in [1.165, 1.54) is 25.0 Å². The summed E-state index contributed by atoms with van der Waals surface area (Å²) < 4.78 is 0. The molecule has 0 spiro atoms. The van der Waals surface area contributed by atoms with Crippen LogP contribution in [0.4, 0.5) is 0 Å². The summed E-state index contributed by atoms with van der Waals surface area (Å²) in [6.45, 7) is 1.77. The van der Waals surface area contributed by atoms with Crippen LogP contribution in [0.5, 0.6) is 0 Å². The first kappa shape index (κ1) is 15.2. The minimum Gasteiger partial charge on any atom is -0.356 e. The van der Waals surface area contributed by atoms with Gasteiger partial charge < -0.3 is 10.6 Å². The maximum atomic E-state index is 11.5. The second-order valence-electron chi connectivity index (χ2n) is 4.38. The zero-order chi connectivity index (χ0) is 12.3. The molecule has 17 heavy (non-hydrogen) atoms. The lowest BCUT2D eigenvalue weighted by molar-refractivity contribution is -0.121. The Morgan fingerprint density at radius 2 is 2.18 bits per heavy atom. The van der Waals surface area contributed by atoms with E-state index < -0.39 is 0 Å². The third kappa shape index (κ3) is 7.95. The molecule has 1 aliphatic rings. The number of carbonyl (C=O) groups is 1. The molecule has 0 saturated carbocycles. The first-order chi connectivity index (χ1) is 8.33. The second-order valence-corrected chi connectivity index (χ2v) is 7.17. The lowest BCUT2D eigenvalue weighted by Gasteiger charge is -2.07. The molecule has 1 amide bonds. The Bertz CT molecular complexity index is 209. The Balaban J connectivity index is 1.85. The lowest BCUT2D eigenvalue weighted by Crippen LogP contribution is -2.26. The molecule has 2 N–H and O–H groups in total. The smallest absolute Gasteiger partial charge is 0.219 e. The minimum atomic E-state index is 0.217. The van der Waals surface area contributed by atoms with E-state index in [2.05, 4.69) is 10.6 Å². The number of nitrogens with one attached hydrogen (secondary N) is 2. The van der Waals surface area contributed by atoms with E-state index in [0.29, 0.717) is 6.42 Å². The molecule has 0 radical (unpaired) electrons. The summed E-state index contributed by atoms with van der Waals surface area (Å²) in [6, 6.07) is 0. The van der Waals surface area contributed by atoms with Crippen LogP contribution in [-0.2, 0) is 4.79 Å². The van der Waals surface area contributed by atoms with Crippen LogP contribution in [0.1, 0.15) is 38.5 Å². The van der Waals surface area contributed by atoms with Gasteiger partial charge in [0, 0.05) is 24.0 Å². The Hall–Kier alpha value is 0.130. The Labute approximate surface area is 113 Å². The van der Waals surface area contributed by atoms with Crippen molar-refractivity contribution >= 4 is 27.5 Å². The highest BCUT2D eigenvalue weighted by molar-refractivity contribution is 8.77. The largest absolute Gasteiger partial charge is 0.356 e. The van der Waals surface area contributed by atoms with E-state index in [1.807, 2.05) is 28.6 Å². The van der Waals surface area contributed by atoms with Crippen molar-refractivity contribution in [1.29, 1.82) is 0 Å². The van der Waals surface area contributed by atoms with E-state index >= 15 is 0 Å². The van der Waals surface area contributed by atoms with E-state index in [9.17, 15) is 4.79 Å². The van der Waals surface area contributed by atoms with Crippen molar-refractivity contribution in [2.45, 2.75) is 43.8 Å². The Morgan fingerprint density at radius 1 is 1.29 bits per heavy atom. The highest BCUT2D eigenvalue weighted by Gasteiger charge is 2.15. The standard InChI is InChI=1S/C12H24N2OS2/c1-13-8-4-9-14-12(15)6-3-2-5-11-7-10-16-17-11/h11,13H,2-10H2,1H3,(H,14,15). The van der Waals surface area contributed by atoms with Gasteiger partial charge in [0.05, 0.1) is 0 Å². The van der Waals surface area contributed by atoms with Crippen molar-refractivity contribution in [1.82, 2.24) is 10.6 Å². The van der Waals surface area contributed by atoms with Gasteiger partial charge in [0.1, 0.15) is 0 Å². The van der Waals surface area contributed by atoms with Crippen molar-refractivity contribution in [2.24, 2.45) is 0 Å². The topological polar surface area (TPSA) is 41.1 Å². The van der Waals surface area contributed by atoms with Gasteiger partial charge in [-0.3, -0.25) is 4.79 Å². The quantitative estimate of drug-likeness (QED) is 0.501. The van der Waals surface area contributed by atoms with Gasteiger partial charge in [0.2, 0.25) is 5.91 Å². The zero-order valence-corrected chi connectivity index (χ0v) is 12.3. The molecule has 1 saturated heterocycles. The molecule has 3 nitrogen and oxygen atoms in total. The molecule has 5 heteroatoms. The molecule has 1 rings (SSSR count). The van der Waals surface area contributed by atoms with E-state index in [-0.39, 0.29) is 5.91 Å². The molecule has 1 aliphatic heterocycles. The fourth-order valence-corrected chi connectivity index (χ4v) is 4.83. The number of carbonyl (C=O) groups excluding carboxylic acids is 1. The summed E-state index contributed by atoms with van der Waals surface area (Å²) in [5.41, 5.74) is 0. The molecular weight excluding hydrogens is 252 g/mol. The number of rotatable bonds is 9. The molecule has 1 unspecified atom stereocenters. The molecule has 0 bridgehead atoms. The van der Waals surface area contributed by atoms with Gasteiger partial charge in [-0.15, -0.1) is 0 Å². The van der Waals surface area contributed by atoms with Crippen LogP contribution in [0.3, 0.4) is 0 Å². The van der Waals surface area contributed by atoms with Gasteiger partial charge in [0.15, 0.2) is 0 Å². The molecule has 1 heterocycles. The summed E-state index contributed by atoms with van der Waals surface area (Å²) in [5.74, 6) is 1.52. The number of hydrogen-bond donors (Lipinski definition) is 2. The summed E-state index contributed by atoms with van der Waals surface area (Å²) >= 11 is 0. The fourth-order valence-electron chi connectivity index (χ4n) is 1.80. The van der Waals surface area contributed by atoms with E-state index in [0.717, 1.165) is 31.2 Å². The SMILES string of the molecule is CNCCCNC(=O)CCCCC1CCSS1. The minimum absolute atomic E-state index is 0.217. The second kappa shape index (κ2) is 10.1. The van der Waals surface area contributed by atoms with Gasteiger partial charge >= 0.3 is 0 Å². The van der Waals surface area contributed by atoms with Crippen LogP contribution in [0.25, 0.3) is 0 Å². The summed E-state index contributed by atoms with van der Waals surface area (Å²) in [4.78, 5) is 11.5. The summed E-state index contributed by atoms with van der Waals surface area (Å²) in [7, 11) is 5.96. The summed E-state index contributed by atoms with van der Waals surface area (Å²) in [6.07, 6.45) is 6.58. The monoisotopic (exact) mass is 276 g/mol. The first-order valence-corrected chi connectivity index (χ1v) is 8.90. The van der Waals surface area contributed by atoms with Crippen molar-refractivity contribution in [2.75, 3.05) is 25.9 Å². The number of amides is 1. The summed E-state index contributed by atoms with van der Waals surface area (Å²) in [5, 5.41) is 6.87. The van der Waals surface area contributed by atoms with Crippen LogP contribution in [0.15, 0.2) is 0 Å². The molecule has 0 aromatic carbocycles. The van der Waals surface area contributed by atoms with Crippen LogP contribution in [-0.4, -0.2) is 37.0 Å². The van der Waals surface area contributed by atoms with Crippen molar-refractivity contribution in [3.8, 4) is 0 Å². The highest BCUT2D eigenvalue weighted by atomic mass is 33.1. The van der Waals surface area contributed by atoms with E-state index in [4.69, 9.17) is 0 Å². The van der Waals surface area contributed by atoms with Gasteiger partial charge in [-0.05, 0) is 39.3 Å². The predicted molar refractivity (Wildman–Crippen MR) is 78.5 cm³/mol. The third-order valence-electron chi connectivity index (χ3n) is 2.83. The van der Waals surface area contributed by atoms with Crippen LogP contribution in [0.2, 0.25) is 0 Å². The predicted octanol–water partition coefficient (Wildman–Crippen LogP) is 2.43. The molecule has 0 aromatic heterocycles. The average molecular weight is 276 g/mol. The Kier molecular flexibility index (Phi) is 9.01. The average Bonchev–Trinajstić information content (AvgIpc) is 2.83. The van der Waals surface area contributed by atoms with Crippen molar-refractivity contribution in [3.63, 3.8) is 0 Å². The van der Waals surface area contributed by atoms with Gasteiger partial charge in [-0.25, -0.2) is 0 Å². The Morgan fingerprint density at radius 3 is 2.88 bits per heavy atom. The molecule has 0 aromatic rings. The molecular formula is C12H24N2OS2. The van der Waals surface area contributed by atoms with Crippen LogP contribution in [0, 0.1) is 0 Å². The maximum Gasteiger partial charge on any atom is 0.219 e. The lowest BCUT2D eigenvalue weighted by atomic mass is 10.1. The molecule has 1 atom stereocenters. The van der Waals surface area contributed by atoms with Crippen LogP contribution < -0.4 is 10.6 Å². The normalized spacial score (nSPS) is 19.5. The molecule has 1 fully saturated rings. The van der Waals surface area contributed by atoms with Gasteiger partial charge in [-0.1, -0.05) is 28.0 Å². The maximum absolute atomic E-state index is 11.5. The van der Waals surface area contributed by atoms with Gasteiger partial charge in [-0.2, -0.15) is 0 Å². The number of hydrogen-bond acceptors (Lipinski definition) is 4. The van der Waals surface area contributed by atoms with Gasteiger partial charge in [0.25, 0.3) is 0 Å². The molecule has 0 aliphatic carbocycles. The van der Waals surface area contributed by atoms with Crippen molar-refractivity contribution < 1.29 is 4.79 Å². The first-order valence-electron chi connectivity index (χ1n) is 6.52. The van der Waals surface area contributed by atoms with Crippen LogP contribution >= 0.6 is 21.6 Å². The molecule has 100 valence electrons. The zero-order valence-electron chi connectivity index (χ0n) is 10.7. The fraction of sp³-hybridized carbons (Fsp3) is 0.917.